The number of phenolic OH excluding ortho intramolecular Hbond substituents is 1. The summed E-state index contributed by atoms with van der Waals surface area (Å²) < 4.78 is 10.9. The van der Waals surface area contributed by atoms with Gasteiger partial charge in [-0.1, -0.05) is 18.2 Å². The van der Waals surface area contributed by atoms with Crippen LogP contribution in [0.4, 0.5) is 5.69 Å². The quantitative estimate of drug-likeness (QED) is 0.0867. The number of phenols is 1. The van der Waals surface area contributed by atoms with Crippen LogP contribution in [0, 0.1) is 10.1 Å². The molecule has 1 fully saturated rings. The fraction of sp³-hybridized carbons (Fsp3) is 0.200. The third-order valence-corrected chi connectivity index (χ3v) is 7.07. The normalized spacial score (nSPS) is 16.3. The summed E-state index contributed by atoms with van der Waals surface area (Å²) in [5.41, 5.74) is 1.71. The second-order valence-corrected chi connectivity index (χ2v) is 9.44. The lowest BCUT2D eigenvalue weighted by molar-refractivity contribution is -0.384. The number of nitro benzene ring substituents is 1. The van der Waals surface area contributed by atoms with Crippen molar-refractivity contribution >= 4 is 34.0 Å². The molecular formula is C30H27N3O8. The highest BCUT2D eigenvalue weighted by atomic mass is 16.6. The van der Waals surface area contributed by atoms with E-state index in [1.165, 1.54) is 35.2 Å². The first-order valence-corrected chi connectivity index (χ1v) is 12.9. The van der Waals surface area contributed by atoms with E-state index in [-0.39, 0.29) is 41.5 Å². The number of non-ortho nitro benzene ring substituents is 1. The zero-order valence-electron chi connectivity index (χ0n) is 22.3. The zero-order valence-corrected chi connectivity index (χ0v) is 22.3. The predicted molar refractivity (Wildman–Crippen MR) is 150 cm³/mol. The zero-order chi connectivity index (χ0) is 29.3. The number of nitro groups is 1. The number of carbonyl (C=O) groups excluding carboxylic acids is 2. The lowest BCUT2D eigenvalue weighted by Crippen LogP contribution is -2.31. The van der Waals surface area contributed by atoms with E-state index in [4.69, 9.17) is 9.47 Å². The van der Waals surface area contributed by atoms with E-state index in [1.807, 2.05) is 24.4 Å². The molecule has 1 amide bonds. The Labute approximate surface area is 234 Å². The molecule has 0 unspecified atom stereocenters. The molecule has 2 heterocycles. The molecule has 0 bridgehead atoms. The molecule has 0 saturated carbocycles. The van der Waals surface area contributed by atoms with Crippen LogP contribution < -0.4 is 9.47 Å². The number of Topliss-reactive ketones (excluding diaryl/α,β-unsaturated/α-hetero) is 1. The Kier molecular flexibility index (Phi) is 7.34. The first kappa shape index (κ1) is 27.3. The molecule has 1 aliphatic heterocycles. The van der Waals surface area contributed by atoms with Crippen LogP contribution in [0.1, 0.15) is 29.7 Å². The van der Waals surface area contributed by atoms with Gasteiger partial charge in [-0.15, -0.1) is 0 Å². The summed E-state index contributed by atoms with van der Waals surface area (Å²) in [5.74, 6) is -1.60. The molecule has 1 atom stereocenters. The van der Waals surface area contributed by atoms with Crippen LogP contribution in [0.3, 0.4) is 0 Å². The average Bonchev–Trinajstić information content (AvgIpc) is 3.49. The van der Waals surface area contributed by atoms with Crippen LogP contribution in [0.25, 0.3) is 16.7 Å². The van der Waals surface area contributed by atoms with Crippen LogP contribution >= 0.6 is 0 Å². The number of ether oxygens (including phenoxy) is 2. The summed E-state index contributed by atoms with van der Waals surface area (Å²) in [7, 11) is 1.57. The first-order chi connectivity index (χ1) is 19.7. The molecule has 11 heteroatoms. The topological polar surface area (TPSA) is 155 Å². The standard InChI is InChI=1S/C30H27N3O8/c1-3-41-25-14-17(7-10-24(25)34)27-26(28(35)18-5-4-6-20(13-18)33(38)39)29(36)30(37)32(27)12-11-19-16-31-23-9-8-21(40-2)15-22(19)23/h4-10,13-16,27,31,34-35H,3,11-12H2,1-2H3/t27-/m1/s1. The molecule has 0 spiro atoms. The minimum absolute atomic E-state index is 0.0229. The number of hydrogen-bond acceptors (Lipinski definition) is 8. The number of hydrogen-bond donors (Lipinski definition) is 3. The maximum absolute atomic E-state index is 13.4. The van der Waals surface area contributed by atoms with Crippen molar-refractivity contribution in [2.24, 2.45) is 0 Å². The highest BCUT2D eigenvalue weighted by Gasteiger charge is 2.46. The Morgan fingerprint density at radius 2 is 1.93 bits per heavy atom. The fourth-order valence-corrected chi connectivity index (χ4v) is 5.08. The molecule has 5 rings (SSSR count). The van der Waals surface area contributed by atoms with E-state index >= 15 is 0 Å². The number of amides is 1. The number of H-pyrrole nitrogens is 1. The third kappa shape index (κ3) is 5.05. The Morgan fingerprint density at radius 3 is 2.66 bits per heavy atom. The summed E-state index contributed by atoms with van der Waals surface area (Å²) in [5, 5.41) is 33.8. The van der Waals surface area contributed by atoms with Crippen molar-refractivity contribution in [3.63, 3.8) is 0 Å². The second-order valence-electron chi connectivity index (χ2n) is 9.44. The van der Waals surface area contributed by atoms with Gasteiger partial charge in [-0.2, -0.15) is 0 Å². The number of carbonyl (C=O) groups is 2. The minimum Gasteiger partial charge on any atom is -0.507 e. The van der Waals surface area contributed by atoms with Gasteiger partial charge in [0.1, 0.15) is 11.5 Å². The number of nitrogens with one attached hydrogen (secondary N) is 1. The van der Waals surface area contributed by atoms with Gasteiger partial charge in [0.05, 0.1) is 30.3 Å². The van der Waals surface area contributed by atoms with Crippen molar-refractivity contribution in [2.75, 3.05) is 20.3 Å². The Balaban J connectivity index is 1.60. The van der Waals surface area contributed by atoms with Gasteiger partial charge in [-0.05, 0) is 54.8 Å². The van der Waals surface area contributed by atoms with Crippen LogP contribution in [0.5, 0.6) is 17.2 Å². The van der Waals surface area contributed by atoms with E-state index in [2.05, 4.69) is 4.98 Å². The number of ketones is 1. The van der Waals surface area contributed by atoms with Crippen LogP contribution in [0.15, 0.2) is 72.4 Å². The highest BCUT2D eigenvalue weighted by Crippen LogP contribution is 2.42. The number of aromatic amines is 1. The van der Waals surface area contributed by atoms with Crippen molar-refractivity contribution in [1.82, 2.24) is 9.88 Å². The summed E-state index contributed by atoms with van der Waals surface area (Å²) in [4.78, 5) is 42.1. The van der Waals surface area contributed by atoms with Crippen molar-refractivity contribution in [3.05, 3.63) is 99.2 Å². The van der Waals surface area contributed by atoms with Crippen LogP contribution in [0.2, 0.25) is 0 Å². The van der Waals surface area contributed by atoms with Gasteiger partial charge in [-0.25, -0.2) is 0 Å². The Hall–Kier alpha value is -5.32. The molecule has 4 aromatic rings. The lowest BCUT2D eigenvalue weighted by Gasteiger charge is -2.26. The number of benzene rings is 3. The SMILES string of the molecule is CCOc1cc([C@@H]2C(=C(O)c3cccc([N+](=O)[O-])c3)C(=O)C(=O)N2CCc2c[nH]c3ccc(OC)cc23)ccc1O. The predicted octanol–water partition coefficient (Wildman–Crippen LogP) is 4.85. The maximum Gasteiger partial charge on any atom is 0.295 e. The smallest absolute Gasteiger partial charge is 0.295 e. The van der Waals surface area contributed by atoms with Gasteiger partial charge < -0.3 is 29.6 Å². The Bertz CT molecular complexity index is 1710. The second kappa shape index (κ2) is 11.0. The van der Waals surface area contributed by atoms with Gasteiger partial charge in [0.15, 0.2) is 11.5 Å². The van der Waals surface area contributed by atoms with Crippen LogP contribution in [-0.4, -0.2) is 57.0 Å². The number of nitrogens with zero attached hydrogens (tertiary/aromatic N) is 2. The lowest BCUT2D eigenvalue weighted by atomic mass is 9.94. The molecule has 210 valence electrons. The number of aromatic nitrogens is 1. The largest absolute Gasteiger partial charge is 0.507 e. The van der Waals surface area contributed by atoms with Gasteiger partial charge in [-0.3, -0.25) is 19.7 Å². The number of aliphatic hydroxyl groups excluding tert-OH is 1. The molecule has 0 radical (unpaired) electrons. The number of rotatable bonds is 9. The number of aliphatic hydroxyl groups is 1. The Morgan fingerprint density at radius 1 is 1.12 bits per heavy atom. The summed E-state index contributed by atoms with van der Waals surface area (Å²) in [6.07, 6.45) is 2.19. The monoisotopic (exact) mass is 557 g/mol. The molecular weight excluding hydrogens is 530 g/mol. The van der Waals surface area contributed by atoms with Crippen molar-refractivity contribution in [2.45, 2.75) is 19.4 Å². The summed E-state index contributed by atoms with van der Waals surface area (Å²) >= 11 is 0. The number of aromatic hydroxyl groups is 1. The van der Waals surface area contributed by atoms with E-state index in [1.54, 1.807) is 20.1 Å². The van der Waals surface area contributed by atoms with Gasteiger partial charge in [0.25, 0.3) is 17.4 Å². The van der Waals surface area contributed by atoms with Crippen LogP contribution in [-0.2, 0) is 16.0 Å². The van der Waals surface area contributed by atoms with E-state index in [9.17, 15) is 29.9 Å². The van der Waals surface area contributed by atoms with Gasteiger partial charge in [0.2, 0.25) is 0 Å². The van der Waals surface area contributed by atoms with E-state index < -0.39 is 28.4 Å². The third-order valence-electron chi connectivity index (χ3n) is 7.07. The van der Waals surface area contributed by atoms with Crippen molar-refractivity contribution in [1.29, 1.82) is 0 Å². The summed E-state index contributed by atoms with van der Waals surface area (Å²) in [6.45, 7) is 2.11. The molecule has 11 nitrogen and oxygen atoms in total. The molecule has 3 aromatic carbocycles. The molecule has 41 heavy (non-hydrogen) atoms. The molecule has 1 aromatic heterocycles. The van der Waals surface area contributed by atoms with Gasteiger partial charge in [0, 0.05) is 41.3 Å². The van der Waals surface area contributed by atoms with Crippen molar-refractivity contribution in [3.8, 4) is 17.2 Å². The first-order valence-electron chi connectivity index (χ1n) is 12.9. The molecule has 3 N–H and O–H groups in total. The average molecular weight is 558 g/mol. The number of likely N-dealkylation sites (tertiary alicyclic amines) is 1. The van der Waals surface area contributed by atoms with E-state index in [0.717, 1.165) is 22.5 Å². The highest BCUT2D eigenvalue weighted by molar-refractivity contribution is 6.46. The van der Waals surface area contributed by atoms with Gasteiger partial charge >= 0.3 is 0 Å². The van der Waals surface area contributed by atoms with Crippen molar-refractivity contribution < 1.29 is 34.2 Å². The molecule has 1 saturated heterocycles. The van der Waals surface area contributed by atoms with E-state index in [0.29, 0.717) is 17.7 Å². The fourth-order valence-electron chi connectivity index (χ4n) is 5.08. The molecule has 0 aliphatic carbocycles. The number of methoxy groups -OCH3 is 1. The molecule has 1 aliphatic rings. The minimum atomic E-state index is -1.05. The maximum atomic E-state index is 13.4. The summed E-state index contributed by atoms with van der Waals surface area (Å²) in [6, 6.07) is 14.2. The number of fused-ring (bicyclic) bond motifs is 1.